The average molecular weight is 408 g/mol. The number of pyridine rings is 1. The Bertz CT molecular complexity index is 922. The van der Waals surface area contributed by atoms with Crippen LogP contribution in [0.4, 0.5) is 10.5 Å². The number of hydrogen-bond donors (Lipinski definition) is 2. The highest BCUT2D eigenvalue weighted by molar-refractivity contribution is 7.99. The second kappa shape index (κ2) is 11.6. The second-order valence-corrected chi connectivity index (χ2v) is 6.76. The molecule has 0 spiro atoms. The van der Waals surface area contributed by atoms with Gasteiger partial charge in [0.2, 0.25) is 0 Å². The Morgan fingerprint density at radius 3 is 2.76 bits per heavy atom. The highest BCUT2D eigenvalue weighted by atomic mass is 32.2. The van der Waals surface area contributed by atoms with Crippen LogP contribution in [0.2, 0.25) is 0 Å². The average Bonchev–Trinajstić information content (AvgIpc) is 2.75. The van der Waals surface area contributed by atoms with Crippen molar-refractivity contribution in [2.45, 2.75) is 18.7 Å². The van der Waals surface area contributed by atoms with Crippen LogP contribution >= 0.6 is 11.8 Å². The van der Waals surface area contributed by atoms with Crippen molar-refractivity contribution in [3.05, 3.63) is 60.9 Å². The molecule has 0 radical (unpaired) electrons. The number of thioether (sulfide) groups is 1. The molecule has 0 bridgehead atoms. The minimum atomic E-state index is -0.207. The molecule has 0 aliphatic carbocycles. The number of carbonyl (C=O) groups excluding carboxylic acids is 1. The molecule has 0 aliphatic heterocycles. The number of carbonyl (C=O) groups is 1. The quantitative estimate of drug-likeness (QED) is 0.346. The van der Waals surface area contributed by atoms with Crippen LogP contribution in [0, 0.1) is 0 Å². The molecule has 0 saturated heterocycles. The first-order chi connectivity index (χ1) is 14.1. The zero-order chi connectivity index (χ0) is 21.1. The zero-order valence-corrected chi connectivity index (χ0v) is 17.5. The maximum Gasteiger partial charge on any atom is 0.315 e. The van der Waals surface area contributed by atoms with E-state index in [0.29, 0.717) is 12.4 Å². The largest absolute Gasteiger partial charge is 0.338 e. The van der Waals surface area contributed by atoms with E-state index in [4.69, 9.17) is 0 Å². The Morgan fingerprint density at radius 1 is 1.31 bits per heavy atom. The van der Waals surface area contributed by atoms with Crippen LogP contribution in [0.25, 0.3) is 16.8 Å². The highest BCUT2D eigenvalue weighted by Crippen LogP contribution is 2.40. The minimum Gasteiger partial charge on any atom is -0.338 e. The molecule has 29 heavy (non-hydrogen) atoms. The van der Waals surface area contributed by atoms with E-state index in [0.717, 1.165) is 33.0 Å². The molecule has 2 rings (SSSR count). The van der Waals surface area contributed by atoms with Crippen molar-refractivity contribution in [2.24, 2.45) is 9.98 Å². The van der Waals surface area contributed by atoms with Gasteiger partial charge in [-0.15, -0.1) is 11.8 Å². The molecule has 1 aromatic heterocycles. The van der Waals surface area contributed by atoms with Crippen LogP contribution in [-0.2, 0) is 0 Å². The molecule has 2 N–H and O–H groups in total. The number of rotatable bonds is 9. The molecule has 2 amide bonds. The normalized spacial score (nSPS) is 11.3. The fourth-order valence-electron chi connectivity index (χ4n) is 2.61. The summed E-state index contributed by atoms with van der Waals surface area (Å²) in [5, 5.41) is 5.54. The summed E-state index contributed by atoms with van der Waals surface area (Å²) < 4.78 is 0. The molecule has 6 nitrogen and oxygen atoms in total. The fourth-order valence-corrected chi connectivity index (χ4v) is 3.55. The molecule has 2 aromatic rings. The first kappa shape index (κ1) is 22.1. The predicted octanol–water partition coefficient (Wildman–Crippen LogP) is 5.07. The summed E-state index contributed by atoms with van der Waals surface area (Å²) in [7, 11) is 0. The van der Waals surface area contributed by atoms with Gasteiger partial charge in [0, 0.05) is 35.6 Å². The summed E-state index contributed by atoms with van der Waals surface area (Å²) in [4.78, 5) is 25.5. The molecule has 0 unspecified atom stereocenters. The molecular weight excluding hydrogens is 382 g/mol. The fraction of sp³-hybridized carbons (Fsp3) is 0.182. The van der Waals surface area contributed by atoms with Gasteiger partial charge in [0.25, 0.3) is 0 Å². The molecule has 7 heteroatoms. The summed E-state index contributed by atoms with van der Waals surface area (Å²) in [5.74, 6) is 0.391. The number of allylic oxidation sites excluding steroid dienone is 2. The summed E-state index contributed by atoms with van der Waals surface area (Å²) in [6.45, 7) is 11.8. The van der Waals surface area contributed by atoms with E-state index in [1.54, 1.807) is 12.4 Å². The molecule has 0 atom stereocenters. The number of nitrogens with one attached hydrogen (secondary N) is 2. The van der Waals surface area contributed by atoms with Crippen LogP contribution in [0.1, 0.15) is 19.4 Å². The number of benzene rings is 1. The Morgan fingerprint density at radius 2 is 2.14 bits per heavy atom. The van der Waals surface area contributed by atoms with Crippen LogP contribution in [0.3, 0.4) is 0 Å². The minimum absolute atomic E-state index is 0.207. The van der Waals surface area contributed by atoms with Gasteiger partial charge in [-0.05, 0) is 56.0 Å². The molecule has 1 heterocycles. The third kappa shape index (κ3) is 6.15. The number of nitrogens with zero attached hydrogens (tertiary/aromatic N) is 3. The van der Waals surface area contributed by atoms with Crippen molar-refractivity contribution in [3.8, 4) is 11.3 Å². The SMILES string of the molecule is C=CN=C/C(=C\C)c1cc(N=C)c(SCNC(=O)NCC)c(-c2ccccn2)c1. The van der Waals surface area contributed by atoms with E-state index in [-0.39, 0.29) is 6.03 Å². The van der Waals surface area contributed by atoms with E-state index in [1.165, 1.54) is 18.0 Å². The monoisotopic (exact) mass is 407 g/mol. The van der Waals surface area contributed by atoms with E-state index < -0.39 is 0 Å². The van der Waals surface area contributed by atoms with E-state index >= 15 is 0 Å². The lowest BCUT2D eigenvalue weighted by Gasteiger charge is -2.15. The van der Waals surface area contributed by atoms with Crippen molar-refractivity contribution >= 4 is 42.0 Å². The maximum atomic E-state index is 11.7. The topological polar surface area (TPSA) is 78.7 Å². The number of aromatic nitrogens is 1. The number of hydrogen-bond acceptors (Lipinski definition) is 5. The van der Waals surface area contributed by atoms with Crippen LogP contribution in [-0.4, -0.2) is 36.4 Å². The van der Waals surface area contributed by atoms with Crippen molar-refractivity contribution in [2.75, 3.05) is 12.4 Å². The predicted molar refractivity (Wildman–Crippen MR) is 124 cm³/mol. The van der Waals surface area contributed by atoms with Crippen molar-refractivity contribution in [3.63, 3.8) is 0 Å². The molecule has 150 valence electrons. The summed E-state index contributed by atoms with van der Waals surface area (Å²) in [5.41, 5.74) is 4.33. The van der Waals surface area contributed by atoms with E-state index in [1.807, 2.05) is 44.2 Å². The third-order valence-electron chi connectivity index (χ3n) is 3.93. The second-order valence-electron chi connectivity index (χ2n) is 5.77. The van der Waals surface area contributed by atoms with Crippen LogP contribution in [0.5, 0.6) is 0 Å². The lowest BCUT2D eigenvalue weighted by atomic mass is 10.0. The van der Waals surface area contributed by atoms with Gasteiger partial charge in [0.05, 0.1) is 17.3 Å². The number of aliphatic imine (C=N–C) groups is 2. The first-order valence-corrected chi connectivity index (χ1v) is 10.1. The van der Waals surface area contributed by atoms with Gasteiger partial charge in [-0.3, -0.25) is 15.0 Å². The van der Waals surface area contributed by atoms with Crippen molar-refractivity contribution in [1.82, 2.24) is 15.6 Å². The van der Waals surface area contributed by atoms with Gasteiger partial charge in [-0.1, -0.05) is 18.7 Å². The maximum absolute atomic E-state index is 11.7. The molecule has 0 aliphatic rings. The molecular formula is C22H25N5OS. The van der Waals surface area contributed by atoms with E-state index in [9.17, 15) is 4.79 Å². The molecule has 0 fully saturated rings. The van der Waals surface area contributed by atoms with Gasteiger partial charge < -0.3 is 10.6 Å². The van der Waals surface area contributed by atoms with Crippen LogP contribution in [0.15, 0.2) is 70.3 Å². The molecule has 0 saturated carbocycles. The lowest BCUT2D eigenvalue weighted by Crippen LogP contribution is -2.34. The van der Waals surface area contributed by atoms with Gasteiger partial charge in [-0.2, -0.15) is 0 Å². The highest BCUT2D eigenvalue weighted by Gasteiger charge is 2.15. The standard InChI is InChI=1S/C22H25N5OS/c1-5-16(14-24-6-2)17-12-18(19-10-8-9-11-26-19)21(20(13-17)23-4)29-15-27-22(28)25-7-3/h5-6,8-14H,2,4,7,15H2,1,3H3,(H2,25,27,28)/b16-5+,24-14?. The Labute approximate surface area is 176 Å². The Balaban J connectivity index is 2.50. The lowest BCUT2D eigenvalue weighted by molar-refractivity contribution is 0.243. The third-order valence-corrected chi connectivity index (χ3v) is 4.94. The Hall–Kier alpha value is -3.19. The summed E-state index contributed by atoms with van der Waals surface area (Å²) in [6, 6.07) is 9.56. The van der Waals surface area contributed by atoms with Crippen LogP contribution < -0.4 is 10.6 Å². The van der Waals surface area contributed by atoms with Gasteiger partial charge in [-0.25, -0.2) is 4.79 Å². The zero-order valence-electron chi connectivity index (χ0n) is 16.7. The van der Waals surface area contributed by atoms with E-state index in [2.05, 4.69) is 45.0 Å². The molecule has 1 aromatic carbocycles. The van der Waals surface area contributed by atoms with Crippen molar-refractivity contribution in [1.29, 1.82) is 0 Å². The van der Waals surface area contributed by atoms with Gasteiger partial charge >= 0.3 is 6.03 Å². The Kier molecular flexibility index (Phi) is 8.85. The van der Waals surface area contributed by atoms with Gasteiger partial charge in [0.15, 0.2) is 0 Å². The number of urea groups is 1. The van der Waals surface area contributed by atoms with Crippen molar-refractivity contribution < 1.29 is 4.79 Å². The smallest absolute Gasteiger partial charge is 0.315 e. The number of amides is 2. The summed E-state index contributed by atoms with van der Waals surface area (Å²) >= 11 is 1.48. The van der Waals surface area contributed by atoms with Gasteiger partial charge in [0.1, 0.15) is 0 Å². The first-order valence-electron chi connectivity index (χ1n) is 9.16. The summed E-state index contributed by atoms with van der Waals surface area (Å²) in [6.07, 6.45) is 6.97.